The number of imide groups is 1. The normalized spacial score (nSPS) is 21.5. The van der Waals surface area contributed by atoms with Gasteiger partial charge in [0, 0.05) is 55.3 Å². The van der Waals surface area contributed by atoms with Crippen LogP contribution in [0.15, 0.2) is 40.8 Å². The summed E-state index contributed by atoms with van der Waals surface area (Å²) in [6.07, 6.45) is 1.63. The molecule has 0 bridgehead atoms. The quantitative estimate of drug-likeness (QED) is 0.439. The van der Waals surface area contributed by atoms with Gasteiger partial charge in [0.1, 0.15) is 35.4 Å². The summed E-state index contributed by atoms with van der Waals surface area (Å²) in [5.74, 6) is -0.205. The molecule has 3 aromatic rings. The molecule has 1 aromatic heterocycles. The molecule has 1 atom stereocenters. The molecule has 11 nitrogen and oxygen atoms in total. The molecule has 2 fully saturated rings. The van der Waals surface area contributed by atoms with Crippen molar-refractivity contribution in [1.82, 2.24) is 25.3 Å². The van der Waals surface area contributed by atoms with Gasteiger partial charge < -0.3 is 29.0 Å². The summed E-state index contributed by atoms with van der Waals surface area (Å²) in [6, 6.07) is 9.41. The Kier molecular flexibility index (Phi) is 6.82. The van der Waals surface area contributed by atoms with Crippen molar-refractivity contribution in [3.8, 4) is 11.5 Å². The van der Waals surface area contributed by atoms with Crippen LogP contribution in [-0.4, -0.2) is 86.2 Å². The zero-order valence-electron chi connectivity index (χ0n) is 23.2. The Morgan fingerprint density at radius 2 is 1.95 bits per heavy atom. The van der Waals surface area contributed by atoms with Crippen molar-refractivity contribution < 1.29 is 32.7 Å². The van der Waals surface area contributed by atoms with Gasteiger partial charge in [0.25, 0.3) is 11.8 Å². The van der Waals surface area contributed by atoms with Crippen molar-refractivity contribution >= 4 is 28.8 Å². The monoisotopic (exact) mass is 565 g/mol. The Bertz CT molecular complexity index is 1530. The third kappa shape index (κ3) is 4.87. The van der Waals surface area contributed by atoms with E-state index in [2.05, 4.69) is 15.5 Å². The number of hydrogen-bond acceptors (Lipinski definition) is 8. The van der Waals surface area contributed by atoms with Crippen molar-refractivity contribution in [3.63, 3.8) is 0 Å². The van der Waals surface area contributed by atoms with Gasteiger partial charge in [-0.2, -0.15) is 0 Å². The first kappa shape index (κ1) is 27.0. The number of carbonyl (C=O) groups is 3. The molecule has 12 heteroatoms. The molecule has 0 saturated carbocycles. The Morgan fingerprint density at radius 3 is 2.63 bits per heavy atom. The van der Waals surface area contributed by atoms with E-state index in [1.165, 1.54) is 6.07 Å². The highest BCUT2D eigenvalue weighted by Crippen LogP contribution is 2.35. The smallest absolute Gasteiger partial charge is 0.322 e. The molecule has 2 aromatic carbocycles. The number of furan rings is 1. The first-order valence-electron chi connectivity index (χ1n) is 13.5. The van der Waals surface area contributed by atoms with Crippen molar-refractivity contribution in [3.05, 3.63) is 59.1 Å². The van der Waals surface area contributed by atoms with E-state index in [4.69, 9.17) is 13.9 Å². The summed E-state index contributed by atoms with van der Waals surface area (Å²) in [4.78, 5) is 44.5. The molecule has 0 radical (unpaired) electrons. The number of fused-ring (bicyclic) bond motifs is 2. The van der Waals surface area contributed by atoms with Gasteiger partial charge >= 0.3 is 6.03 Å². The average Bonchev–Trinajstić information content (AvgIpc) is 3.51. The molecule has 0 aliphatic carbocycles. The fourth-order valence-corrected chi connectivity index (χ4v) is 5.86. The number of hydrogen-bond donors (Lipinski definition) is 2. The maximum atomic E-state index is 15.2. The summed E-state index contributed by atoms with van der Waals surface area (Å²) in [6.45, 7) is 1.72. The minimum Gasteiger partial charge on any atom is -0.497 e. The summed E-state index contributed by atoms with van der Waals surface area (Å²) in [5, 5.41) is 5.47. The number of likely N-dealkylation sites (tertiary alicyclic amines) is 1. The summed E-state index contributed by atoms with van der Waals surface area (Å²) in [7, 11) is 5.61. The Morgan fingerprint density at radius 1 is 1.17 bits per heavy atom. The number of urea groups is 1. The van der Waals surface area contributed by atoms with Gasteiger partial charge in [-0.1, -0.05) is 6.07 Å². The highest BCUT2D eigenvalue weighted by Gasteiger charge is 2.52. The summed E-state index contributed by atoms with van der Waals surface area (Å²) >= 11 is 0. The number of benzene rings is 2. The van der Waals surface area contributed by atoms with Gasteiger partial charge in [0.2, 0.25) is 0 Å². The lowest BCUT2D eigenvalue weighted by Gasteiger charge is -2.35. The maximum absolute atomic E-state index is 15.2. The molecule has 2 N–H and O–H groups in total. The number of methoxy groups -OCH3 is 1. The molecular weight excluding hydrogens is 533 g/mol. The largest absolute Gasteiger partial charge is 0.497 e. The first-order valence-corrected chi connectivity index (χ1v) is 13.5. The second-order valence-corrected chi connectivity index (χ2v) is 11.0. The second kappa shape index (κ2) is 10.3. The van der Waals surface area contributed by atoms with E-state index in [1.54, 1.807) is 24.1 Å². The van der Waals surface area contributed by atoms with Crippen LogP contribution in [0.1, 0.15) is 34.5 Å². The molecule has 2 saturated heterocycles. The van der Waals surface area contributed by atoms with Crippen molar-refractivity contribution in [1.29, 1.82) is 0 Å². The third-order valence-corrected chi connectivity index (χ3v) is 8.21. The third-order valence-electron chi connectivity index (χ3n) is 8.21. The number of ether oxygens (including phenoxy) is 2. The van der Waals surface area contributed by atoms with E-state index in [-0.39, 0.29) is 36.1 Å². The number of piperidine rings is 1. The van der Waals surface area contributed by atoms with Gasteiger partial charge in [-0.25, -0.2) is 9.18 Å². The van der Waals surface area contributed by atoms with E-state index in [0.717, 1.165) is 24.5 Å². The lowest BCUT2D eigenvalue weighted by Crippen LogP contribution is -2.53. The van der Waals surface area contributed by atoms with E-state index in [1.807, 2.05) is 31.1 Å². The van der Waals surface area contributed by atoms with Crippen LogP contribution in [0.5, 0.6) is 11.5 Å². The molecule has 6 rings (SSSR count). The van der Waals surface area contributed by atoms with Crippen molar-refractivity contribution in [2.75, 3.05) is 47.6 Å². The minimum atomic E-state index is -1.59. The fraction of sp³-hybridized carbons (Fsp3) is 0.414. The van der Waals surface area contributed by atoms with Crippen LogP contribution >= 0.6 is 0 Å². The van der Waals surface area contributed by atoms with Crippen LogP contribution in [0, 0.1) is 5.82 Å². The van der Waals surface area contributed by atoms with E-state index >= 15 is 4.39 Å². The Hall–Kier alpha value is -4.16. The van der Waals surface area contributed by atoms with Crippen LogP contribution < -0.4 is 20.1 Å². The van der Waals surface area contributed by atoms with Gasteiger partial charge in [0.15, 0.2) is 5.54 Å². The Labute approximate surface area is 236 Å². The standard InChI is InChI=1S/C29H32FN5O6/c1-33(2)19-6-8-35(9-7-19)26(36)21-10-18-11-25(41-24(18)13-22(21)30)29(27(37)31-28(38)32-29)15-34-14-17-4-5-20(39-3)12-23(17)40-16-34/h4-5,10-13,19H,6-9,14-16H2,1-3H3,(H2,31,32,37,38)/t29-/m0/s1. The predicted octanol–water partition coefficient (Wildman–Crippen LogP) is 2.63. The Balaban J connectivity index is 1.28. The predicted molar refractivity (Wildman–Crippen MR) is 146 cm³/mol. The molecule has 4 amide bonds. The van der Waals surface area contributed by atoms with E-state index < -0.39 is 23.3 Å². The van der Waals surface area contributed by atoms with Crippen LogP contribution in [-0.2, 0) is 16.9 Å². The highest BCUT2D eigenvalue weighted by atomic mass is 19.1. The van der Waals surface area contributed by atoms with Gasteiger partial charge in [0.05, 0.1) is 12.7 Å². The van der Waals surface area contributed by atoms with Gasteiger partial charge in [-0.05, 0) is 45.1 Å². The van der Waals surface area contributed by atoms with Crippen molar-refractivity contribution in [2.24, 2.45) is 0 Å². The van der Waals surface area contributed by atoms with Crippen LogP contribution in [0.3, 0.4) is 0 Å². The van der Waals surface area contributed by atoms with Crippen molar-refractivity contribution in [2.45, 2.75) is 31.0 Å². The molecule has 3 aliphatic rings. The lowest BCUT2D eigenvalue weighted by atomic mass is 9.94. The lowest BCUT2D eigenvalue weighted by molar-refractivity contribution is -0.126. The van der Waals surface area contributed by atoms with Crippen LogP contribution in [0.2, 0.25) is 0 Å². The SMILES string of the molecule is COc1ccc2c(c1)OCN(C[C@@]1(c3cc4cc(C(=O)N5CCC(N(C)C)CC5)c(F)cc4o3)NC(=O)NC1=O)C2. The van der Waals surface area contributed by atoms with Gasteiger partial charge in [-0.15, -0.1) is 0 Å². The highest BCUT2D eigenvalue weighted by molar-refractivity contribution is 6.08. The molecule has 3 aliphatic heterocycles. The van der Waals surface area contributed by atoms with Crippen LogP contribution in [0.4, 0.5) is 9.18 Å². The number of rotatable bonds is 6. The zero-order chi connectivity index (χ0) is 28.9. The zero-order valence-corrected chi connectivity index (χ0v) is 23.2. The molecule has 216 valence electrons. The molecular formula is C29H32FN5O6. The number of halogens is 1. The number of nitrogens with one attached hydrogen (secondary N) is 2. The fourth-order valence-electron chi connectivity index (χ4n) is 5.86. The number of carbonyl (C=O) groups excluding carboxylic acids is 3. The minimum absolute atomic E-state index is 0.0327. The summed E-state index contributed by atoms with van der Waals surface area (Å²) in [5.41, 5.74) is -0.584. The van der Waals surface area contributed by atoms with E-state index in [9.17, 15) is 14.4 Å². The van der Waals surface area contributed by atoms with Crippen LogP contribution in [0.25, 0.3) is 11.0 Å². The van der Waals surface area contributed by atoms with Gasteiger partial charge in [-0.3, -0.25) is 19.8 Å². The molecule has 0 unspecified atom stereocenters. The molecule has 41 heavy (non-hydrogen) atoms. The topological polar surface area (TPSA) is 117 Å². The number of nitrogens with zero attached hydrogens (tertiary/aromatic N) is 3. The maximum Gasteiger partial charge on any atom is 0.322 e. The number of amides is 4. The van der Waals surface area contributed by atoms with E-state index in [0.29, 0.717) is 42.6 Å². The first-order chi connectivity index (χ1) is 19.7. The average molecular weight is 566 g/mol. The molecule has 4 heterocycles. The second-order valence-electron chi connectivity index (χ2n) is 11.0. The molecule has 0 spiro atoms. The summed E-state index contributed by atoms with van der Waals surface area (Å²) < 4.78 is 32.4.